The third-order valence-electron chi connectivity index (χ3n) is 2.97. The Hall–Kier alpha value is -3.10. The van der Waals surface area contributed by atoms with Gasteiger partial charge in [0.15, 0.2) is 5.82 Å². The Morgan fingerprint density at radius 1 is 1.36 bits per heavy atom. The normalized spacial score (nSPS) is 10.8. The van der Waals surface area contributed by atoms with Crippen LogP contribution in [-0.2, 0) is 16.1 Å². The van der Waals surface area contributed by atoms with Crippen LogP contribution in [0.2, 0.25) is 0 Å². The summed E-state index contributed by atoms with van der Waals surface area (Å²) in [4.78, 5) is 28.2. The zero-order valence-corrected chi connectivity index (χ0v) is 11.7. The smallest absolute Gasteiger partial charge is 0.327 e. The highest BCUT2D eigenvalue weighted by atomic mass is 16.5. The molecule has 0 aliphatic carbocycles. The second-order valence-corrected chi connectivity index (χ2v) is 4.37. The number of hydrogen-bond acceptors (Lipinski definition) is 7. The number of nitrogens with zero attached hydrogens (tertiary/aromatic N) is 6. The van der Waals surface area contributed by atoms with Crippen LogP contribution in [0, 0.1) is 0 Å². The Bertz CT molecular complexity index is 885. The highest BCUT2D eigenvalue weighted by molar-refractivity contribution is 5.70. The van der Waals surface area contributed by atoms with Gasteiger partial charge in [-0.15, -0.1) is 5.10 Å². The zero-order valence-electron chi connectivity index (χ0n) is 11.7. The summed E-state index contributed by atoms with van der Waals surface area (Å²) >= 11 is 0. The molecule has 3 aromatic rings. The Kier molecular flexibility index (Phi) is 3.60. The van der Waals surface area contributed by atoms with Gasteiger partial charge in [-0.25, -0.2) is 9.67 Å². The molecule has 3 rings (SSSR count). The average molecular weight is 300 g/mol. The van der Waals surface area contributed by atoms with Crippen molar-refractivity contribution in [2.45, 2.75) is 13.5 Å². The topological polar surface area (TPSA) is 104 Å². The van der Waals surface area contributed by atoms with Crippen LogP contribution < -0.4 is 5.56 Å². The molecule has 0 aromatic carbocycles. The van der Waals surface area contributed by atoms with E-state index in [1.807, 2.05) is 0 Å². The van der Waals surface area contributed by atoms with E-state index in [4.69, 9.17) is 4.74 Å². The summed E-state index contributed by atoms with van der Waals surface area (Å²) in [6, 6.07) is 5.22. The van der Waals surface area contributed by atoms with Crippen LogP contribution in [-0.4, -0.2) is 42.2 Å². The second kappa shape index (κ2) is 5.72. The number of aromatic nitrogens is 6. The van der Waals surface area contributed by atoms with Crippen LogP contribution in [0.5, 0.6) is 0 Å². The third kappa shape index (κ3) is 2.43. The lowest BCUT2D eigenvalue weighted by molar-refractivity contribution is -0.144. The SMILES string of the molecule is CCOC(=O)Cn1nnnc1-c1cnc2ccccn2c1=O. The van der Waals surface area contributed by atoms with Gasteiger partial charge >= 0.3 is 5.97 Å². The largest absolute Gasteiger partial charge is 0.465 e. The van der Waals surface area contributed by atoms with Crippen molar-refractivity contribution in [3.05, 3.63) is 40.9 Å². The average Bonchev–Trinajstić information content (AvgIpc) is 2.96. The van der Waals surface area contributed by atoms with Gasteiger partial charge in [0.05, 0.1) is 6.61 Å². The predicted molar refractivity (Wildman–Crippen MR) is 74.9 cm³/mol. The first-order chi connectivity index (χ1) is 10.7. The van der Waals surface area contributed by atoms with Gasteiger partial charge in [-0.05, 0) is 29.5 Å². The fraction of sp³-hybridized carbons (Fsp3) is 0.231. The van der Waals surface area contributed by atoms with Gasteiger partial charge < -0.3 is 4.74 Å². The van der Waals surface area contributed by atoms with Crippen LogP contribution in [0.15, 0.2) is 35.4 Å². The molecule has 0 fully saturated rings. The van der Waals surface area contributed by atoms with E-state index in [0.29, 0.717) is 5.65 Å². The van der Waals surface area contributed by atoms with Crippen molar-refractivity contribution in [2.24, 2.45) is 0 Å². The molecule has 0 aliphatic rings. The van der Waals surface area contributed by atoms with Crippen molar-refractivity contribution in [3.8, 4) is 11.4 Å². The molecule has 3 aromatic heterocycles. The van der Waals surface area contributed by atoms with Gasteiger partial charge in [-0.2, -0.15) is 0 Å². The third-order valence-corrected chi connectivity index (χ3v) is 2.97. The number of hydrogen-bond donors (Lipinski definition) is 0. The van der Waals surface area contributed by atoms with Gasteiger partial charge in [0.1, 0.15) is 17.8 Å². The second-order valence-electron chi connectivity index (χ2n) is 4.37. The molecular formula is C13H12N6O3. The fourth-order valence-corrected chi connectivity index (χ4v) is 2.01. The molecule has 112 valence electrons. The molecule has 0 bridgehead atoms. The highest BCUT2D eigenvalue weighted by Crippen LogP contribution is 2.10. The standard InChI is InChI=1S/C13H12N6O3/c1-2-22-11(20)8-19-12(15-16-17-19)9-7-14-10-5-3-4-6-18(10)13(9)21/h3-7H,2,8H2,1H3. The predicted octanol–water partition coefficient (Wildman–Crippen LogP) is -0.0889. The molecule has 0 N–H and O–H groups in total. The van der Waals surface area contributed by atoms with Crippen molar-refractivity contribution in [2.75, 3.05) is 6.61 Å². The van der Waals surface area contributed by atoms with Crippen LogP contribution in [0.4, 0.5) is 0 Å². The minimum atomic E-state index is -0.482. The molecule has 0 saturated heterocycles. The lowest BCUT2D eigenvalue weighted by atomic mass is 10.3. The molecule has 0 spiro atoms. The number of tetrazole rings is 1. The monoisotopic (exact) mass is 300 g/mol. The first-order valence-electron chi connectivity index (χ1n) is 6.59. The first-order valence-corrected chi connectivity index (χ1v) is 6.59. The maximum absolute atomic E-state index is 12.5. The van der Waals surface area contributed by atoms with E-state index in [1.54, 1.807) is 31.3 Å². The summed E-state index contributed by atoms with van der Waals surface area (Å²) in [6.45, 7) is 1.79. The van der Waals surface area contributed by atoms with Crippen molar-refractivity contribution in [3.63, 3.8) is 0 Å². The number of carbonyl (C=O) groups is 1. The number of pyridine rings is 1. The van der Waals surface area contributed by atoms with Gasteiger partial charge in [0, 0.05) is 12.4 Å². The molecule has 0 saturated carbocycles. The fourth-order valence-electron chi connectivity index (χ4n) is 2.01. The van der Waals surface area contributed by atoms with Gasteiger partial charge in [0.25, 0.3) is 5.56 Å². The van der Waals surface area contributed by atoms with E-state index in [1.165, 1.54) is 15.3 Å². The van der Waals surface area contributed by atoms with E-state index in [-0.39, 0.29) is 30.1 Å². The molecule has 9 heteroatoms. The van der Waals surface area contributed by atoms with Gasteiger partial charge in [-0.3, -0.25) is 14.0 Å². The Morgan fingerprint density at radius 3 is 3.05 bits per heavy atom. The molecule has 0 radical (unpaired) electrons. The zero-order chi connectivity index (χ0) is 15.5. The molecular weight excluding hydrogens is 288 g/mol. The molecule has 0 atom stereocenters. The minimum absolute atomic E-state index is 0.170. The summed E-state index contributed by atoms with van der Waals surface area (Å²) in [5.74, 6) is -0.311. The lowest BCUT2D eigenvalue weighted by Gasteiger charge is -2.05. The summed E-state index contributed by atoms with van der Waals surface area (Å²) < 4.78 is 7.45. The number of ether oxygens (including phenoxy) is 1. The van der Waals surface area contributed by atoms with Gasteiger partial charge in [-0.1, -0.05) is 6.07 Å². The van der Waals surface area contributed by atoms with E-state index < -0.39 is 5.97 Å². The minimum Gasteiger partial charge on any atom is -0.465 e. The van der Waals surface area contributed by atoms with Gasteiger partial charge in [0.2, 0.25) is 0 Å². The van der Waals surface area contributed by atoms with Crippen molar-refractivity contribution in [1.82, 2.24) is 29.6 Å². The summed E-state index contributed by atoms with van der Waals surface area (Å²) in [5.41, 5.74) is 0.407. The lowest BCUT2D eigenvalue weighted by Crippen LogP contribution is -2.20. The maximum Gasteiger partial charge on any atom is 0.327 e. The Morgan fingerprint density at radius 2 is 2.23 bits per heavy atom. The van der Waals surface area contributed by atoms with Crippen molar-refractivity contribution in [1.29, 1.82) is 0 Å². The van der Waals surface area contributed by atoms with Crippen molar-refractivity contribution < 1.29 is 9.53 Å². The molecule has 9 nitrogen and oxygen atoms in total. The molecule has 22 heavy (non-hydrogen) atoms. The Balaban J connectivity index is 2.06. The van der Waals surface area contributed by atoms with Crippen LogP contribution in [0.3, 0.4) is 0 Å². The van der Waals surface area contributed by atoms with E-state index in [2.05, 4.69) is 20.5 Å². The van der Waals surface area contributed by atoms with E-state index >= 15 is 0 Å². The Labute approximate surface area is 124 Å². The van der Waals surface area contributed by atoms with Crippen molar-refractivity contribution >= 4 is 11.6 Å². The number of rotatable bonds is 4. The number of esters is 1. The highest BCUT2D eigenvalue weighted by Gasteiger charge is 2.17. The number of fused-ring (bicyclic) bond motifs is 1. The molecule has 0 aliphatic heterocycles. The maximum atomic E-state index is 12.5. The van der Waals surface area contributed by atoms with Crippen LogP contribution in [0.25, 0.3) is 17.0 Å². The van der Waals surface area contributed by atoms with Crippen LogP contribution in [0.1, 0.15) is 6.92 Å². The molecule has 0 unspecified atom stereocenters. The van der Waals surface area contributed by atoms with E-state index in [0.717, 1.165) is 0 Å². The summed E-state index contributed by atoms with van der Waals surface area (Å²) in [5, 5.41) is 11.0. The first kappa shape index (κ1) is 13.9. The molecule has 3 heterocycles. The number of carbonyl (C=O) groups excluding carboxylic acids is 1. The summed E-state index contributed by atoms with van der Waals surface area (Å²) in [6.07, 6.45) is 3.00. The van der Waals surface area contributed by atoms with Crippen LogP contribution >= 0.6 is 0 Å². The summed E-state index contributed by atoms with van der Waals surface area (Å²) in [7, 11) is 0. The quantitative estimate of drug-likeness (QED) is 0.620. The van der Waals surface area contributed by atoms with E-state index in [9.17, 15) is 9.59 Å². The molecule has 0 amide bonds.